The van der Waals surface area contributed by atoms with E-state index in [4.69, 9.17) is 36.0 Å². The van der Waals surface area contributed by atoms with Crippen LogP contribution in [0.4, 0.5) is 0 Å². The fraction of sp³-hybridized carbons (Fsp3) is 0.857. The zero-order valence-electron chi connectivity index (χ0n) is 26.0. The molecule has 0 N–H and O–H groups in total. The third kappa shape index (κ3) is 22.4. The number of hydrogen-bond acceptors (Lipinski definition) is 8. The van der Waals surface area contributed by atoms with Crippen LogP contribution >= 0.6 is 0 Å². The van der Waals surface area contributed by atoms with Crippen LogP contribution in [0.2, 0.25) is 12.1 Å². The average molecular weight is 581 g/mol. The lowest BCUT2D eigenvalue weighted by molar-refractivity contribution is 0.122. The van der Waals surface area contributed by atoms with E-state index >= 15 is 0 Å². The smallest absolute Gasteiger partial charge is 0.377 e. The summed E-state index contributed by atoms with van der Waals surface area (Å²) in [6, 6.07) is 1.78. The molecule has 0 atom stereocenters. The van der Waals surface area contributed by atoms with Crippen LogP contribution in [0, 0.1) is 0 Å². The molecule has 8 nitrogen and oxygen atoms in total. The minimum absolute atomic E-state index is 0.674. The molecule has 0 radical (unpaired) electrons. The quantitative estimate of drug-likeness (QED) is 0.0627. The molecule has 0 spiro atoms. The molecule has 0 saturated carbocycles. The van der Waals surface area contributed by atoms with Crippen molar-refractivity contribution in [3.63, 3.8) is 0 Å². The summed E-state index contributed by atoms with van der Waals surface area (Å²) in [6.45, 7) is 14.6. The number of hydrogen-bond donors (Lipinski definition) is 0. The topological polar surface area (TPSA) is 73.8 Å². The van der Waals surface area contributed by atoms with Crippen molar-refractivity contribution in [1.82, 2.24) is 0 Å². The zero-order chi connectivity index (χ0) is 29.1. The molecule has 0 aliphatic rings. The van der Waals surface area contributed by atoms with Crippen LogP contribution in [0.15, 0.2) is 24.3 Å². The molecule has 0 fully saturated rings. The van der Waals surface area contributed by atoms with Crippen molar-refractivity contribution in [1.29, 1.82) is 0 Å². The maximum Gasteiger partial charge on any atom is 0.500 e. The predicted molar refractivity (Wildman–Crippen MR) is 161 cm³/mol. The van der Waals surface area contributed by atoms with E-state index in [1.807, 2.05) is 13.8 Å². The Balaban J connectivity index is 0. The summed E-state index contributed by atoms with van der Waals surface area (Å²) in [6.07, 6.45) is 11.7. The van der Waals surface area contributed by atoms with Crippen LogP contribution in [0.5, 0.6) is 0 Å². The second-order valence-electron chi connectivity index (χ2n) is 9.65. The van der Waals surface area contributed by atoms with E-state index in [-0.39, 0.29) is 0 Å². The van der Waals surface area contributed by atoms with Gasteiger partial charge in [-0.2, -0.15) is 0 Å². The van der Waals surface area contributed by atoms with E-state index in [0.717, 1.165) is 75.0 Å². The Hall–Kier alpha value is -0.406. The molecule has 0 aliphatic heterocycles. The Labute approximate surface area is 237 Å². The van der Waals surface area contributed by atoms with Gasteiger partial charge in [-0.3, -0.25) is 0 Å². The average Bonchev–Trinajstić information content (AvgIpc) is 2.92. The highest BCUT2D eigenvalue weighted by Gasteiger charge is 2.37. The third-order valence-corrected chi connectivity index (χ3v) is 11.8. The van der Waals surface area contributed by atoms with Gasteiger partial charge in [0.25, 0.3) is 0 Å². The van der Waals surface area contributed by atoms with Crippen LogP contribution in [-0.2, 0) is 36.0 Å². The SMILES string of the molecule is C=C(C)COCCCCCCCC[Si](OC)(OC)OC.C=C(C)COCCCCCC[Si](OC)(OC)OC. The molecule has 0 heterocycles. The molecule has 228 valence electrons. The van der Waals surface area contributed by atoms with Gasteiger partial charge in [-0.15, -0.1) is 0 Å². The molecule has 0 bridgehead atoms. The fourth-order valence-corrected chi connectivity index (χ4v) is 7.35. The zero-order valence-corrected chi connectivity index (χ0v) is 28.0. The van der Waals surface area contributed by atoms with Gasteiger partial charge in [-0.05, 0) is 39.5 Å². The molecule has 0 aromatic carbocycles. The van der Waals surface area contributed by atoms with E-state index in [1.54, 1.807) is 42.7 Å². The van der Waals surface area contributed by atoms with E-state index in [1.165, 1.54) is 25.7 Å². The number of rotatable bonds is 26. The van der Waals surface area contributed by atoms with Crippen molar-refractivity contribution in [3.05, 3.63) is 24.3 Å². The first-order chi connectivity index (χ1) is 18.2. The maximum absolute atomic E-state index is 5.47. The van der Waals surface area contributed by atoms with Gasteiger partial charge in [-0.1, -0.05) is 62.8 Å². The van der Waals surface area contributed by atoms with Crippen LogP contribution in [-0.4, -0.2) is 86.7 Å². The molecule has 0 aromatic rings. The van der Waals surface area contributed by atoms with Gasteiger partial charge < -0.3 is 36.0 Å². The Bertz CT molecular complexity index is 538. The third-order valence-electron chi connectivity index (χ3n) is 6.11. The second-order valence-corrected chi connectivity index (χ2v) is 15.8. The molecule has 0 rings (SSSR count). The lowest BCUT2D eigenvalue weighted by Crippen LogP contribution is -2.42. The van der Waals surface area contributed by atoms with Crippen LogP contribution in [0.25, 0.3) is 0 Å². The van der Waals surface area contributed by atoms with Crippen molar-refractivity contribution < 1.29 is 36.0 Å². The normalized spacial score (nSPS) is 11.8. The Morgan fingerprint density at radius 3 is 0.974 bits per heavy atom. The maximum atomic E-state index is 5.47. The minimum Gasteiger partial charge on any atom is -0.377 e. The van der Waals surface area contributed by atoms with Crippen molar-refractivity contribution in [3.8, 4) is 0 Å². The summed E-state index contributed by atoms with van der Waals surface area (Å²) >= 11 is 0. The Morgan fingerprint density at radius 1 is 0.447 bits per heavy atom. The minimum atomic E-state index is -2.35. The highest BCUT2D eigenvalue weighted by molar-refractivity contribution is 6.60. The molecular formula is C28H60O8Si2. The van der Waals surface area contributed by atoms with E-state index in [2.05, 4.69) is 13.2 Å². The van der Waals surface area contributed by atoms with E-state index in [9.17, 15) is 0 Å². The van der Waals surface area contributed by atoms with Gasteiger partial charge in [-0.25, -0.2) is 0 Å². The molecular weight excluding hydrogens is 520 g/mol. The lowest BCUT2D eigenvalue weighted by atomic mass is 10.1. The fourth-order valence-electron chi connectivity index (χ4n) is 3.76. The van der Waals surface area contributed by atoms with Crippen LogP contribution in [0.3, 0.4) is 0 Å². The van der Waals surface area contributed by atoms with Crippen LogP contribution < -0.4 is 0 Å². The first-order valence-electron chi connectivity index (χ1n) is 14.0. The lowest BCUT2D eigenvalue weighted by Gasteiger charge is -2.24. The first-order valence-corrected chi connectivity index (χ1v) is 17.8. The molecule has 0 saturated heterocycles. The monoisotopic (exact) mass is 580 g/mol. The van der Waals surface area contributed by atoms with E-state index in [0.29, 0.717) is 13.2 Å². The summed E-state index contributed by atoms with van der Waals surface area (Å²) in [5, 5.41) is 0. The predicted octanol–water partition coefficient (Wildman–Crippen LogP) is 6.82. The highest BCUT2D eigenvalue weighted by atomic mass is 28.4. The molecule has 0 aliphatic carbocycles. The molecule has 38 heavy (non-hydrogen) atoms. The first kappa shape index (κ1) is 39.7. The van der Waals surface area contributed by atoms with E-state index < -0.39 is 17.6 Å². The number of ether oxygens (including phenoxy) is 2. The summed E-state index contributed by atoms with van der Waals surface area (Å²) in [5.41, 5.74) is 2.16. The largest absolute Gasteiger partial charge is 0.500 e. The van der Waals surface area contributed by atoms with Gasteiger partial charge in [0.1, 0.15) is 0 Å². The standard InChI is InChI=1S/C15H32O4Si.C13H28O4Si/c1-15(2)14-19-12-10-8-6-7-9-11-13-20(16-3,17-4)18-5;1-13(2)12-17-10-8-6-7-9-11-18(14-3,15-4)16-5/h1,6-14H2,2-5H3;1,6-12H2,2-5H3. The van der Waals surface area contributed by atoms with Crippen molar-refractivity contribution in [2.75, 3.05) is 69.1 Å². The van der Waals surface area contributed by atoms with Gasteiger partial charge in [0.05, 0.1) is 13.2 Å². The van der Waals surface area contributed by atoms with Crippen molar-refractivity contribution >= 4 is 17.6 Å². The van der Waals surface area contributed by atoms with Crippen molar-refractivity contribution in [2.24, 2.45) is 0 Å². The molecule has 0 unspecified atom stereocenters. The summed E-state index contributed by atoms with van der Waals surface area (Å²) < 4.78 is 43.2. The van der Waals surface area contributed by atoms with Gasteiger partial charge in [0.2, 0.25) is 0 Å². The summed E-state index contributed by atoms with van der Waals surface area (Å²) in [5.74, 6) is 0. The van der Waals surface area contributed by atoms with Gasteiger partial charge in [0, 0.05) is 68.0 Å². The summed E-state index contributed by atoms with van der Waals surface area (Å²) in [7, 11) is 5.29. The summed E-state index contributed by atoms with van der Waals surface area (Å²) in [4.78, 5) is 0. The molecule has 0 amide bonds. The van der Waals surface area contributed by atoms with Gasteiger partial charge >= 0.3 is 17.6 Å². The molecule has 10 heteroatoms. The Kier molecular flexibility index (Phi) is 28.0. The van der Waals surface area contributed by atoms with Crippen molar-refractivity contribution in [2.45, 2.75) is 90.1 Å². The number of unbranched alkanes of at least 4 members (excludes halogenated alkanes) is 8. The molecule has 0 aromatic heterocycles. The van der Waals surface area contributed by atoms with Crippen LogP contribution in [0.1, 0.15) is 78.1 Å². The highest BCUT2D eigenvalue weighted by Crippen LogP contribution is 2.19. The Morgan fingerprint density at radius 2 is 0.711 bits per heavy atom. The van der Waals surface area contributed by atoms with Gasteiger partial charge in [0.15, 0.2) is 0 Å². The second kappa shape index (κ2) is 26.8.